The molecule has 2 rings (SSSR count). The molecule has 2 N–H and O–H groups in total. The summed E-state index contributed by atoms with van der Waals surface area (Å²) in [7, 11) is -1.60. The van der Waals surface area contributed by atoms with E-state index >= 15 is 0 Å². The maximum Gasteiger partial charge on any atom is 0.242 e. The highest BCUT2D eigenvalue weighted by Crippen LogP contribution is 2.17. The van der Waals surface area contributed by atoms with Crippen LogP contribution in [0.4, 0.5) is 0 Å². The van der Waals surface area contributed by atoms with Gasteiger partial charge in [-0.1, -0.05) is 24.0 Å². The van der Waals surface area contributed by atoms with Crippen LogP contribution in [-0.4, -0.2) is 51.2 Å². The number of benzene rings is 1. The fourth-order valence-corrected chi connectivity index (χ4v) is 3.76. The number of likely N-dealkylation sites (N-methyl/N-ethyl adjacent to an activating group) is 1. The maximum atomic E-state index is 12.5. The van der Waals surface area contributed by atoms with Crippen LogP contribution in [0.2, 0.25) is 0 Å². The van der Waals surface area contributed by atoms with E-state index in [0.717, 1.165) is 19.5 Å². The molecular weight excluding hydrogens is 288 g/mol. The zero-order valence-corrected chi connectivity index (χ0v) is 12.9. The average Bonchev–Trinajstić information content (AvgIpc) is 2.84. The summed E-state index contributed by atoms with van der Waals surface area (Å²) < 4.78 is 27.7. The van der Waals surface area contributed by atoms with E-state index in [4.69, 9.17) is 5.11 Å². The molecule has 114 valence electrons. The second-order valence-electron chi connectivity index (χ2n) is 5.14. The molecule has 5 nitrogen and oxygen atoms in total. The van der Waals surface area contributed by atoms with E-state index in [1.165, 1.54) is 0 Å². The molecule has 1 unspecified atom stereocenters. The van der Waals surface area contributed by atoms with E-state index in [2.05, 4.69) is 21.5 Å². The molecule has 0 spiro atoms. The fourth-order valence-electron chi connectivity index (χ4n) is 2.33. The molecule has 6 heteroatoms. The highest BCUT2D eigenvalue weighted by atomic mass is 32.2. The molecule has 1 saturated heterocycles. The molecule has 0 amide bonds. The summed E-state index contributed by atoms with van der Waals surface area (Å²) >= 11 is 0. The lowest BCUT2D eigenvalue weighted by atomic mass is 10.2. The van der Waals surface area contributed by atoms with Gasteiger partial charge in [-0.15, -0.1) is 0 Å². The molecular formula is C15H20N2O3S. The van der Waals surface area contributed by atoms with Crippen molar-refractivity contribution in [3.05, 3.63) is 29.8 Å². The predicted octanol–water partition coefficient (Wildman–Crippen LogP) is 0.403. The van der Waals surface area contributed by atoms with E-state index in [-0.39, 0.29) is 17.5 Å². The first-order valence-electron chi connectivity index (χ1n) is 6.92. The molecule has 0 saturated carbocycles. The van der Waals surface area contributed by atoms with Crippen molar-refractivity contribution >= 4 is 10.0 Å². The Labute approximate surface area is 126 Å². The first-order chi connectivity index (χ1) is 10.0. The standard InChI is InChI=1S/C15H20N2O3S/c1-17-10-9-14(12-17)16-21(19,20)15-8-3-2-6-13(15)7-4-5-11-18/h2-3,6,8,14,16,18H,5,9-12H2,1H3. The van der Waals surface area contributed by atoms with Crippen LogP contribution in [0.1, 0.15) is 18.4 Å². The van der Waals surface area contributed by atoms with Gasteiger partial charge in [-0.3, -0.25) is 0 Å². The SMILES string of the molecule is CN1CCC(NS(=O)(=O)c2ccccc2C#CCCO)C1. The minimum atomic E-state index is -3.58. The van der Waals surface area contributed by atoms with Crippen molar-refractivity contribution in [1.82, 2.24) is 9.62 Å². The van der Waals surface area contributed by atoms with Crippen molar-refractivity contribution in [2.45, 2.75) is 23.8 Å². The number of rotatable bonds is 4. The van der Waals surface area contributed by atoms with Crippen LogP contribution in [0.5, 0.6) is 0 Å². The average molecular weight is 308 g/mol. The molecule has 1 aromatic carbocycles. The van der Waals surface area contributed by atoms with Gasteiger partial charge in [0.15, 0.2) is 0 Å². The Balaban J connectivity index is 2.22. The minimum absolute atomic E-state index is 0.0332. The van der Waals surface area contributed by atoms with Crippen molar-refractivity contribution in [2.24, 2.45) is 0 Å². The molecule has 1 fully saturated rings. The molecule has 1 heterocycles. The van der Waals surface area contributed by atoms with Gasteiger partial charge in [-0.25, -0.2) is 13.1 Å². The van der Waals surface area contributed by atoms with E-state index in [1.807, 2.05) is 7.05 Å². The molecule has 0 radical (unpaired) electrons. The summed E-state index contributed by atoms with van der Waals surface area (Å²) in [6.07, 6.45) is 1.14. The smallest absolute Gasteiger partial charge is 0.242 e. The molecule has 1 aromatic rings. The number of sulfonamides is 1. The molecule has 1 aliphatic rings. The number of nitrogens with one attached hydrogen (secondary N) is 1. The van der Waals surface area contributed by atoms with Crippen molar-refractivity contribution in [3.63, 3.8) is 0 Å². The lowest BCUT2D eigenvalue weighted by Crippen LogP contribution is -2.36. The van der Waals surface area contributed by atoms with Crippen molar-refractivity contribution in [3.8, 4) is 11.8 Å². The Kier molecular flexibility index (Phi) is 5.37. The quantitative estimate of drug-likeness (QED) is 0.790. The van der Waals surface area contributed by atoms with Crippen molar-refractivity contribution in [1.29, 1.82) is 0 Å². The van der Waals surface area contributed by atoms with Crippen molar-refractivity contribution < 1.29 is 13.5 Å². The van der Waals surface area contributed by atoms with Crippen LogP contribution in [0.25, 0.3) is 0 Å². The van der Waals surface area contributed by atoms with Gasteiger partial charge >= 0.3 is 0 Å². The summed E-state index contributed by atoms with van der Waals surface area (Å²) in [5, 5.41) is 8.75. The molecule has 1 atom stereocenters. The van der Waals surface area contributed by atoms with E-state index in [1.54, 1.807) is 24.3 Å². The second-order valence-corrected chi connectivity index (χ2v) is 6.82. The Hall–Kier alpha value is -1.39. The van der Waals surface area contributed by atoms with Gasteiger partial charge in [-0.2, -0.15) is 0 Å². The normalized spacial score (nSPS) is 19.2. The highest BCUT2D eigenvalue weighted by Gasteiger charge is 2.26. The minimum Gasteiger partial charge on any atom is -0.395 e. The lowest BCUT2D eigenvalue weighted by molar-refractivity contribution is 0.305. The Morgan fingerprint density at radius 2 is 2.19 bits per heavy atom. The van der Waals surface area contributed by atoms with E-state index < -0.39 is 10.0 Å². The highest BCUT2D eigenvalue weighted by molar-refractivity contribution is 7.89. The molecule has 21 heavy (non-hydrogen) atoms. The Bertz CT molecular complexity index is 646. The van der Waals surface area contributed by atoms with Crippen LogP contribution in [0.15, 0.2) is 29.2 Å². The van der Waals surface area contributed by atoms with Gasteiger partial charge < -0.3 is 10.0 Å². The van der Waals surface area contributed by atoms with Gasteiger partial charge in [0.25, 0.3) is 0 Å². The van der Waals surface area contributed by atoms with Gasteiger partial charge in [-0.05, 0) is 32.1 Å². The topological polar surface area (TPSA) is 69.6 Å². The number of aliphatic hydroxyl groups is 1. The number of nitrogens with zero attached hydrogens (tertiary/aromatic N) is 1. The van der Waals surface area contributed by atoms with Crippen LogP contribution in [0, 0.1) is 11.8 Å². The third kappa shape index (κ3) is 4.29. The monoisotopic (exact) mass is 308 g/mol. The van der Waals surface area contributed by atoms with E-state index in [0.29, 0.717) is 12.0 Å². The summed E-state index contributed by atoms with van der Waals surface area (Å²) in [6, 6.07) is 6.63. The van der Waals surface area contributed by atoms with Crippen LogP contribution < -0.4 is 4.72 Å². The molecule has 1 aliphatic heterocycles. The first-order valence-corrected chi connectivity index (χ1v) is 8.41. The Morgan fingerprint density at radius 1 is 1.43 bits per heavy atom. The number of aliphatic hydroxyl groups excluding tert-OH is 1. The first kappa shape index (κ1) is 16.0. The van der Waals surface area contributed by atoms with Gasteiger partial charge in [0.1, 0.15) is 0 Å². The zero-order valence-electron chi connectivity index (χ0n) is 12.0. The lowest BCUT2D eigenvalue weighted by Gasteiger charge is -2.14. The zero-order chi connectivity index (χ0) is 15.3. The Morgan fingerprint density at radius 3 is 2.86 bits per heavy atom. The fraction of sp³-hybridized carbons (Fsp3) is 0.467. The van der Waals surface area contributed by atoms with Crippen LogP contribution in [0.3, 0.4) is 0 Å². The third-order valence-electron chi connectivity index (χ3n) is 3.35. The number of likely N-dealkylation sites (tertiary alicyclic amines) is 1. The number of hydrogen-bond acceptors (Lipinski definition) is 4. The summed E-state index contributed by atoms with van der Waals surface area (Å²) in [5.41, 5.74) is 0.463. The van der Waals surface area contributed by atoms with Crippen LogP contribution >= 0.6 is 0 Å². The second kappa shape index (κ2) is 7.05. The summed E-state index contributed by atoms with van der Waals surface area (Å²) in [6.45, 7) is 1.58. The maximum absolute atomic E-state index is 12.5. The third-order valence-corrected chi connectivity index (χ3v) is 4.93. The summed E-state index contributed by atoms with van der Waals surface area (Å²) in [5.74, 6) is 5.58. The van der Waals surface area contributed by atoms with Gasteiger partial charge in [0.2, 0.25) is 10.0 Å². The molecule has 0 bridgehead atoms. The van der Waals surface area contributed by atoms with Crippen molar-refractivity contribution in [2.75, 3.05) is 26.7 Å². The molecule has 0 aromatic heterocycles. The molecule has 0 aliphatic carbocycles. The predicted molar refractivity (Wildman–Crippen MR) is 81.2 cm³/mol. The van der Waals surface area contributed by atoms with E-state index in [9.17, 15) is 8.42 Å². The van der Waals surface area contributed by atoms with Gasteiger partial charge in [0, 0.05) is 24.6 Å². The summed E-state index contributed by atoms with van der Waals surface area (Å²) in [4.78, 5) is 2.30. The van der Waals surface area contributed by atoms with Gasteiger partial charge in [0.05, 0.1) is 11.5 Å². The largest absolute Gasteiger partial charge is 0.395 e. The van der Waals surface area contributed by atoms with Crippen LogP contribution in [-0.2, 0) is 10.0 Å². The number of hydrogen-bond donors (Lipinski definition) is 2.